The summed E-state index contributed by atoms with van der Waals surface area (Å²) in [4.78, 5) is 0. The van der Waals surface area contributed by atoms with Crippen molar-refractivity contribution in [2.75, 3.05) is 25.7 Å². The summed E-state index contributed by atoms with van der Waals surface area (Å²) in [5.74, 6) is 1.99. The molecule has 1 aromatic carbocycles. The van der Waals surface area contributed by atoms with Crippen molar-refractivity contribution in [1.29, 1.82) is 0 Å². The van der Waals surface area contributed by atoms with Crippen LogP contribution in [0.25, 0.3) is 0 Å². The van der Waals surface area contributed by atoms with Crippen LogP contribution in [-0.4, -0.2) is 30.8 Å². The average Bonchev–Trinajstić information content (AvgIpc) is 2.35. The van der Waals surface area contributed by atoms with E-state index in [-0.39, 0.29) is 5.75 Å². The van der Waals surface area contributed by atoms with E-state index in [0.717, 1.165) is 12.1 Å². The predicted octanol–water partition coefficient (Wildman–Crippen LogP) is 2.63. The summed E-state index contributed by atoms with van der Waals surface area (Å²) in [6.45, 7) is 1.67. The lowest BCUT2D eigenvalue weighted by Crippen LogP contribution is -2.15. The molecule has 0 radical (unpaired) electrons. The van der Waals surface area contributed by atoms with Gasteiger partial charge in [0.1, 0.15) is 0 Å². The molecule has 0 aliphatic heterocycles. The number of para-hydroxylation sites is 1. The molecule has 0 aliphatic rings. The van der Waals surface area contributed by atoms with E-state index >= 15 is 0 Å². The second-order valence-electron chi connectivity index (χ2n) is 3.84. The fourth-order valence-electron chi connectivity index (χ4n) is 1.59. The smallest absolute Gasteiger partial charge is 0.162 e. The number of rotatable bonds is 8. The molecule has 96 valence electrons. The minimum Gasteiger partial charge on any atom is -0.504 e. The van der Waals surface area contributed by atoms with E-state index in [2.05, 4.69) is 11.6 Å². The van der Waals surface area contributed by atoms with E-state index in [0.29, 0.717) is 12.3 Å². The van der Waals surface area contributed by atoms with Gasteiger partial charge in [0.2, 0.25) is 0 Å². The third kappa shape index (κ3) is 4.88. The maximum atomic E-state index is 9.86. The molecular formula is C13H21NO2S. The van der Waals surface area contributed by atoms with Gasteiger partial charge in [-0.05, 0) is 37.5 Å². The molecule has 17 heavy (non-hydrogen) atoms. The van der Waals surface area contributed by atoms with Crippen LogP contribution in [-0.2, 0) is 6.54 Å². The Labute approximate surface area is 108 Å². The maximum absolute atomic E-state index is 9.86. The van der Waals surface area contributed by atoms with Gasteiger partial charge < -0.3 is 15.2 Å². The van der Waals surface area contributed by atoms with Crippen molar-refractivity contribution >= 4 is 11.8 Å². The van der Waals surface area contributed by atoms with E-state index in [1.165, 1.54) is 18.6 Å². The van der Waals surface area contributed by atoms with Gasteiger partial charge in [-0.15, -0.1) is 0 Å². The molecule has 1 aromatic rings. The minimum atomic E-state index is 0.242. The molecular weight excluding hydrogens is 234 g/mol. The zero-order chi connectivity index (χ0) is 12.5. The molecule has 1 rings (SSSR count). The summed E-state index contributed by atoms with van der Waals surface area (Å²) in [7, 11) is 1.56. The van der Waals surface area contributed by atoms with Crippen molar-refractivity contribution in [3.05, 3.63) is 23.8 Å². The lowest BCUT2D eigenvalue weighted by Gasteiger charge is -2.09. The molecule has 0 atom stereocenters. The number of unbranched alkanes of at least 4 members (excludes halogenated alkanes) is 1. The summed E-state index contributed by atoms with van der Waals surface area (Å²) >= 11 is 1.88. The standard InChI is InChI=1S/C13H21NO2S/c1-16-12-7-5-6-11(13(12)15)10-14-8-3-4-9-17-2/h5-7,14-15H,3-4,8-10H2,1-2H3. The zero-order valence-corrected chi connectivity index (χ0v) is 11.3. The summed E-state index contributed by atoms with van der Waals surface area (Å²) < 4.78 is 5.06. The molecule has 0 fully saturated rings. The highest BCUT2D eigenvalue weighted by Crippen LogP contribution is 2.28. The zero-order valence-electron chi connectivity index (χ0n) is 10.5. The first-order chi connectivity index (χ1) is 8.29. The van der Waals surface area contributed by atoms with E-state index in [4.69, 9.17) is 4.74 Å². The number of benzene rings is 1. The Morgan fingerprint density at radius 2 is 2.18 bits per heavy atom. The average molecular weight is 255 g/mol. The van der Waals surface area contributed by atoms with E-state index in [1.54, 1.807) is 13.2 Å². The number of phenols is 1. The second-order valence-corrected chi connectivity index (χ2v) is 4.83. The van der Waals surface area contributed by atoms with Crippen LogP contribution in [0.2, 0.25) is 0 Å². The van der Waals surface area contributed by atoms with Crippen LogP contribution in [0.5, 0.6) is 11.5 Å². The van der Waals surface area contributed by atoms with Gasteiger partial charge in [0.25, 0.3) is 0 Å². The summed E-state index contributed by atoms with van der Waals surface area (Å²) in [6, 6.07) is 5.56. The first kappa shape index (κ1) is 14.2. The van der Waals surface area contributed by atoms with Crippen LogP contribution >= 0.6 is 11.8 Å². The van der Waals surface area contributed by atoms with Crippen LogP contribution in [0.3, 0.4) is 0 Å². The molecule has 2 N–H and O–H groups in total. The highest BCUT2D eigenvalue weighted by Gasteiger charge is 2.05. The van der Waals surface area contributed by atoms with Crippen LogP contribution in [0.1, 0.15) is 18.4 Å². The van der Waals surface area contributed by atoms with Crippen molar-refractivity contribution < 1.29 is 9.84 Å². The fourth-order valence-corrected chi connectivity index (χ4v) is 2.09. The van der Waals surface area contributed by atoms with Crippen LogP contribution < -0.4 is 10.1 Å². The van der Waals surface area contributed by atoms with Gasteiger partial charge in [0.15, 0.2) is 11.5 Å². The van der Waals surface area contributed by atoms with Crippen LogP contribution in [0.15, 0.2) is 18.2 Å². The lowest BCUT2D eigenvalue weighted by molar-refractivity contribution is 0.369. The monoisotopic (exact) mass is 255 g/mol. The largest absolute Gasteiger partial charge is 0.504 e. The number of aromatic hydroxyl groups is 1. The molecule has 3 nitrogen and oxygen atoms in total. The van der Waals surface area contributed by atoms with Gasteiger partial charge in [0, 0.05) is 12.1 Å². The molecule has 0 saturated carbocycles. The van der Waals surface area contributed by atoms with Crippen LogP contribution in [0, 0.1) is 0 Å². The topological polar surface area (TPSA) is 41.5 Å². The van der Waals surface area contributed by atoms with Gasteiger partial charge in [-0.2, -0.15) is 11.8 Å². The fraction of sp³-hybridized carbons (Fsp3) is 0.538. The first-order valence-electron chi connectivity index (χ1n) is 5.84. The Morgan fingerprint density at radius 3 is 2.88 bits per heavy atom. The summed E-state index contributed by atoms with van der Waals surface area (Å²) in [5, 5.41) is 13.2. The Hall–Kier alpha value is -0.870. The highest BCUT2D eigenvalue weighted by molar-refractivity contribution is 7.98. The summed E-state index contributed by atoms with van der Waals surface area (Å²) in [5.41, 5.74) is 0.884. The molecule has 0 aromatic heterocycles. The van der Waals surface area contributed by atoms with E-state index in [9.17, 15) is 5.11 Å². The van der Waals surface area contributed by atoms with E-state index in [1.807, 2.05) is 23.9 Å². The van der Waals surface area contributed by atoms with E-state index < -0.39 is 0 Å². The molecule has 0 heterocycles. The Balaban J connectivity index is 2.31. The lowest BCUT2D eigenvalue weighted by atomic mass is 10.2. The second kappa shape index (κ2) is 8.25. The quantitative estimate of drug-likeness (QED) is 0.701. The molecule has 4 heteroatoms. The third-order valence-corrected chi connectivity index (χ3v) is 3.27. The number of methoxy groups -OCH3 is 1. The summed E-state index contributed by atoms with van der Waals surface area (Å²) in [6.07, 6.45) is 4.53. The molecule has 0 spiro atoms. The van der Waals surface area contributed by atoms with Crippen molar-refractivity contribution in [1.82, 2.24) is 5.32 Å². The maximum Gasteiger partial charge on any atom is 0.162 e. The van der Waals surface area contributed by atoms with Crippen LogP contribution in [0.4, 0.5) is 0 Å². The van der Waals surface area contributed by atoms with Gasteiger partial charge >= 0.3 is 0 Å². The van der Waals surface area contributed by atoms with Gasteiger partial charge in [-0.1, -0.05) is 12.1 Å². The Bertz CT molecular complexity index is 331. The number of hydrogen-bond donors (Lipinski definition) is 2. The molecule has 0 amide bonds. The SMILES string of the molecule is COc1cccc(CNCCCCSC)c1O. The Kier molecular flexibility index (Phi) is 6.89. The van der Waals surface area contributed by atoms with Gasteiger partial charge in [-0.25, -0.2) is 0 Å². The minimum absolute atomic E-state index is 0.242. The van der Waals surface area contributed by atoms with Crippen molar-refractivity contribution in [3.63, 3.8) is 0 Å². The van der Waals surface area contributed by atoms with Crippen molar-refractivity contribution in [3.8, 4) is 11.5 Å². The van der Waals surface area contributed by atoms with Gasteiger partial charge in [-0.3, -0.25) is 0 Å². The molecule has 0 bridgehead atoms. The number of ether oxygens (including phenoxy) is 1. The Morgan fingerprint density at radius 1 is 1.35 bits per heavy atom. The number of hydrogen-bond acceptors (Lipinski definition) is 4. The number of phenolic OH excluding ortho intramolecular Hbond substituents is 1. The number of nitrogens with one attached hydrogen (secondary N) is 1. The highest BCUT2D eigenvalue weighted by atomic mass is 32.2. The van der Waals surface area contributed by atoms with Crippen molar-refractivity contribution in [2.45, 2.75) is 19.4 Å². The third-order valence-electron chi connectivity index (χ3n) is 2.57. The number of thioether (sulfide) groups is 1. The molecule has 0 saturated heterocycles. The molecule has 0 aliphatic carbocycles. The normalized spacial score (nSPS) is 10.5. The molecule has 0 unspecified atom stereocenters. The first-order valence-corrected chi connectivity index (χ1v) is 7.23. The van der Waals surface area contributed by atoms with Gasteiger partial charge in [0.05, 0.1) is 7.11 Å². The van der Waals surface area contributed by atoms with Crippen molar-refractivity contribution in [2.24, 2.45) is 0 Å². The predicted molar refractivity (Wildman–Crippen MR) is 74.0 cm³/mol.